The Morgan fingerprint density at radius 2 is 1.62 bits per heavy atom. The summed E-state index contributed by atoms with van der Waals surface area (Å²) in [6.07, 6.45) is -3.50. The van der Waals surface area contributed by atoms with E-state index < -0.39 is 48.6 Å². The van der Waals surface area contributed by atoms with Crippen molar-refractivity contribution in [3.8, 4) is 0 Å². The molecule has 2 rings (SSSR count). The second kappa shape index (κ2) is 8.09. The fraction of sp³-hybridized carbons (Fsp3) is 0.733. The lowest BCUT2D eigenvalue weighted by Crippen LogP contribution is -2.60. The monoisotopic (exact) mass is 345 g/mol. The van der Waals surface area contributed by atoms with Gasteiger partial charge in [0, 0.05) is 27.7 Å². The number of carbonyl (C=O) groups excluding carboxylic acids is 3. The molecular formula is C15H23NO8. The molecule has 2 aliphatic heterocycles. The highest BCUT2D eigenvalue weighted by Gasteiger charge is 2.53. The van der Waals surface area contributed by atoms with Crippen molar-refractivity contribution in [2.45, 2.75) is 65.8 Å². The van der Waals surface area contributed by atoms with Crippen LogP contribution in [0.1, 0.15) is 35.1 Å². The molecule has 0 aliphatic carbocycles. The molecule has 9 nitrogen and oxygen atoms in total. The van der Waals surface area contributed by atoms with Gasteiger partial charge in [0.25, 0.3) is 0 Å². The average Bonchev–Trinajstić information content (AvgIpc) is 2.78. The smallest absolute Gasteiger partial charge is 0.303 e. The first-order valence-electron chi connectivity index (χ1n) is 7.12. The van der Waals surface area contributed by atoms with Crippen LogP contribution in [0.2, 0.25) is 0 Å². The van der Waals surface area contributed by atoms with Gasteiger partial charge in [0.15, 0.2) is 24.1 Å². The van der Waals surface area contributed by atoms with E-state index in [9.17, 15) is 14.4 Å². The second-order valence-electron chi connectivity index (χ2n) is 5.25. The van der Waals surface area contributed by atoms with Gasteiger partial charge in [-0.15, -0.1) is 0 Å². The van der Waals surface area contributed by atoms with Crippen LogP contribution in [-0.4, -0.2) is 61.1 Å². The standard InChI is InChI=1S/C14H19NO8.CH4/c1-6-15-11-13(22-9(4)18)12(21-8(3)17)10(5-19-7(2)16)23-14(11)20-6;/h10-14H,5H2,1-4H3;1H4/t10-,11-,12+,13-,14+;/m1./s1. The fourth-order valence-corrected chi connectivity index (χ4v) is 2.53. The first-order chi connectivity index (χ1) is 10.8. The van der Waals surface area contributed by atoms with Crippen molar-refractivity contribution in [2.24, 2.45) is 4.99 Å². The summed E-state index contributed by atoms with van der Waals surface area (Å²) in [6, 6.07) is -0.656. The summed E-state index contributed by atoms with van der Waals surface area (Å²) in [7, 11) is 0. The molecule has 0 saturated carbocycles. The number of nitrogens with zero attached hydrogens (tertiary/aromatic N) is 1. The van der Waals surface area contributed by atoms with Crippen LogP contribution < -0.4 is 0 Å². The van der Waals surface area contributed by atoms with Crippen molar-refractivity contribution in [1.29, 1.82) is 0 Å². The zero-order valence-electron chi connectivity index (χ0n) is 13.3. The number of esters is 3. The topological polar surface area (TPSA) is 110 Å². The quantitative estimate of drug-likeness (QED) is 0.538. The Kier molecular flexibility index (Phi) is 6.70. The molecule has 9 heteroatoms. The Morgan fingerprint density at radius 1 is 1.04 bits per heavy atom. The molecule has 0 aromatic carbocycles. The van der Waals surface area contributed by atoms with Crippen LogP contribution in [-0.2, 0) is 38.1 Å². The van der Waals surface area contributed by atoms with Gasteiger partial charge in [-0.3, -0.25) is 14.4 Å². The summed E-state index contributed by atoms with van der Waals surface area (Å²) in [5.74, 6) is -1.28. The molecule has 136 valence electrons. The van der Waals surface area contributed by atoms with Crippen molar-refractivity contribution in [3.63, 3.8) is 0 Å². The largest absolute Gasteiger partial charge is 0.463 e. The van der Waals surface area contributed by atoms with Crippen molar-refractivity contribution in [2.75, 3.05) is 6.61 Å². The van der Waals surface area contributed by atoms with Crippen molar-refractivity contribution >= 4 is 23.8 Å². The van der Waals surface area contributed by atoms with E-state index in [1.165, 1.54) is 20.8 Å². The molecule has 24 heavy (non-hydrogen) atoms. The van der Waals surface area contributed by atoms with E-state index in [0.717, 1.165) is 0 Å². The van der Waals surface area contributed by atoms with E-state index in [1.54, 1.807) is 6.92 Å². The number of rotatable bonds is 4. The third-order valence-corrected chi connectivity index (χ3v) is 3.29. The van der Waals surface area contributed by atoms with Crippen LogP contribution in [0, 0.1) is 0 Å². The van der Waals surface area contributed by atoms with Gasteiger partial charge in [0.2, 0.25) is 6.29 Å². The van der Waals surface area contributed by atoms with Crippen molar-refractivity contribution in [3.05, 3.63) is 0 Å². The molecule has 0 aromatic heterocycles. The highest BCUT2D eigenvalue weighted by atomic mass is 16.7. The van der Waals surface area contributed by atoms with Crippen molar-refractivity contribution < 1.29 is 38.1 Å². The Hall–Kier alpha value is -2.16. The van der Waals surface area contributed by atoms with E-state index in [0.29, 0.717) is 5.90 Å². The first kappa shape index (κ1) is 19.9. The van der Waals surface area contributed by atoms with Gasteiger partial charge in [0.05, 0.1) is 0 Å². The SMILES string of the molecule is C.CC(=O)OC[C@H]1O[C@@H]2OC(C)=N[C@@H]2[C@@H](OC(C)=O)[C@H]1OC(C)=O. The molecule has 0 amide bonds. The van der Waals surface area contributed by atoms with E-state index in [4.69, 9.17) is 23.7 Å². The van der Waals surface area contributed by atoms with Gasteiger partial charge in [-0.2, -0.15) is 0 Å². The predicted octanol–water partition coefficient (Wildman–Crippen LogP) is 0.591. The van der Waals surface area contributed by atoms with Gasteiger partial charge in [-0.25, -0.2) is 4.99 Å². The summed E-state index contributed by atoms with van der Waals surface area (Å²) in [4.78, 5) is 38.1. The number of aliphatic imine (C=N–C) groups is 1. The van der Waals surface area contributed by atoms with E-state index in [-0.39, 0.29) is 14.0 Å². The highest BCUT2D eigenvalue weighted by molar-refractivity contribution is 5.75. The third-order valence-electron chi connectivity index (χ3n) is 3.29. The summed E-state index contributed by atoms with van der Waals surface area (Å²) >= 11 is 0. The molecule has 0 unspecified atom stereocenters. The average molecular weight is 345 g/mol. The Morgan fingerprint density at radius 3 is 2.17 bits per heavy atom. The fourth-order valence-electron chi connectivity index (χ4n) is 2.53. The van der Waals surface area contributed by atoms with Crippen LogP contribution >= 0.6 is 0 Å². The number of hydrogen-bond acceptors (Lipinski definition) is 9. The maximum atomic E-state index is 11.4. The summed E-state index contributed by atoms with van der Waals surface area (Å²) in [6.45, 7) is 5.17. The normalized spacial score (nSPS) is 30.8. The minimum atomic E-state index is -0.963. The minimum absolute atomic E-state index is 0. The molecule has 5 atom stereocenters. The molecule has 0 N–H and O–H groups in total. The number of ether oxygens (including phenoxy) is 5. The molecule has 1 fully saturated rings. The molecule has 0 bridgehead atoms. The van der Waals surface area contributed by atoms with Gasteiger partial charge >= 0.3 is 17.9 Å². The first-order valence-corrected chi connectivity index (χ1v) is 7.12. The van der Waals surface area contributed by atoms with Gasteiger partial charge in [-0.1, -0.05) is 7.43 Å². The third kappa shape index (κ3) is 4.67. The summed E-state index contributed by atoms with van der Waals surface area (Å²) < 4.78 is 26.5. The number of carbonyl (C=O) groups is 3. The second-order valence-corrected chi connectivity index (χ2v) is 5.25. The van der Waals surface area contributed by atoms with Crippen LogP contribution in [0.5, 0.6) is 0 Å². The molecule has 2 aliphatic rings. The van der Waals surface area contributed by atoms with E-state index >= 15 is 0 Å². The highest BCUT2D eigenvalue weighted by Crippen LogP contribution is 2.32. The predicted molar refractivity (Wildman–Crippen MR) is 81.1 cm³/mol. The van der Waals surface area contributed by atoms with Crippen molar-refractivity contribution in [1.82, 2.24) is 0 Å². The van der Waals surface area contributed by atoms with Crippen LogP contribution in [0.4, 0.5) is 0 Å². The molecule has 0 aromatic rings. The van der Waals surface area contributed by atoms with Crippen LogP contribution in [0.3, 0.4) is 0 Å². The Bertz CT molecular complexity index is 532. The van der Waals surface area contributed by atoms with E-state index in [1.807, 2.05) is 0 Å². The number of hydrogen-bond donors (Lipinski definition) is 0. The van der Waals surface area contributed by atoms with Gasteiger partial charge in [0.1, 0.15) is 12.7 Å². The molecule has 2 heterocycles. The number of fused-ring (bicyclic) bond motifs is 1. The Balaban J connectivity index is 0.00000288. The maximum absolute atomic E-state index is 11.4. The lowest BCUT2D eigenvalue weighted by Gasteiger charge is -2.40. The molecule has 0 spiro atoms. The summed E-state index contributed by atoms with van der Waals surface area (Å²) in [5, 5.41) is 0. The lowest BCUT2D eigenvalue weighted by atomic mass is 9.97. The lowest BCUT2D eigenvalue weighted by molar-refractivity contribution is -0.249. The van der Waals surface area contributed by atoms with Gasteiger partial charge in [-0.05, 0) is 0 Å². The molecule has 1 saturated heterocycles. The maximum Gasteiger partial charge on any atom is 0.303 e. The summed E-state index contributed by atoms with van der Waals surface area (Å²) in [5.41, 5.74) is 0. The van der Waals surface area contributed by atoms with Crippen LogP contribution in [0.25, 0.3) is 0 Å². The minimum Gasteiger partial charge on any atom is -0.463 e. The molecular weight excluding hydrogens is 322 g/mol. The molecule has 0 radical (unpaired) electrons. The zero-order chi connectivity index (χ0) is 17.1. The van der Waals surface area contributed by atoms with E-state index in [2.05, 4.69) is 4.99 Å². The zero-order valence-corrected chi connectivity index (χ0v) is 13.3. The van der Waals surface area contributed by atoms with Gasteiger partial charge < -0.3 is 23.7 Å². The van der Waals surface area contributed by atoms with Crippen LogP contribution in [0.15, 0.2) is 4.99 Å². The Labute approximate surface area is 140 Å².